The van der Waals surface area contributed by atoms with Gasteiger partial charge in [-0.15, -0.1) is 0 Å². The second-order valence-corrected chi connectivity index (χ2v) is 7.23. The topological polar surface area (TPSA) is 36.9 Å². The summed E-state index contributed by atoms with van der Waals surface area (Å²) in [5.74, 6) is 2.28. The van der Waals surface area contributed by atoms with Gasteiger partial charge in [-0.25, -0.2) is 0 Å². The van der Waals surface area contributed by atoms with Gasteiger partial charge in [-0.2, -0.15) is 0 Å². The second kappa shape index (κ2) is 10.4. The van der Waals surface area contributed by atoms with Crippen molar-refractivity contribution in [1.82, 2.24) is 10.2 Å². The lowest BCUT2D eigenvalue weighted by atomic mass is 10.0. The van der Waals surface area contributed by atoms with Gasteiger partial charge in [0.25, 0.3) is 0 Å². The van der Waals surface area contributed by atoms with E-state index in [4.69, 9.17) is 4.74 Å². The van der Waals surface area contributed by atoms with Gasteiger partial charge in [0.15, 0.2) is 5.96 Å². The lowest BCUT2D eigenvalue weighted by molar-refractivity contribution is 0.114. The van der Waals surface area contributed by atoms with E-state index in [0.717, 1.165) is 51.6 Å². The van der Waals surface area contributed by atoms with Crippen molar-refractivity contribution in [3.63, 3.8) is 0 Å². The molecule has 1 fully saturated rings. The SMILES string of the molecule is CCOCC1CCN(C(=NC)NCCCc2ccc(C(C)C)cc2)C1. The van der Waals surface area contributed by atoms with Crippen LogP contribution < -0.4 is 5.32 Å². The number of ether oxygens (including phenoxy) is 1. The zero-order valence-corrected chi connectivity index (χ0v) is 16.4. The fourth-order valence-electron chi connectivity index (χ4n) is 3.34. The van der Waals surface area contributed by atoms with Crippen LogP contribution in [0.5, 0.6) is 0 Å². The number of rotatable bonds is 8. The van der Waals surface area contributed by atoms with Crippen LogP contribution in [-0.4, -0.2) is 50.8 Å². The average Bonchev–Trinajstić information content (AvgIpc) is 3.09. The molecule has 1 N–H and O–H groups in total. The number of likely N-dealkylation sites (tertiary alicyclic amines) is 1. The highest BCUT2D eigenvalue weighted by Gasteiger charge is 2.24. The number of benzene rings is 1. The molecule has 4 heteroatoms. The molecule has 0 aromatic heterocycles. The predicted octanol–water partition coefficient (Wildman–Crippen LogP) is 3.68. The highest BCUT2D eigenvalue weighted by Crippen LogP contribution is 2.17. The Labute approximate surface area is 153 Å². The minimum Gasteiger partial charge on any atom is -0.381 e. The molecule has 140 valence electrons. The van der Waals surface area contributed by atoms with Crippen molar-refractivity contribution in [2.45, 2.75) is 46.0 Å². The highest BCUT2D eigenvalue weighted by atomic mass is 16.5. The molecule has 1 unspecified atom stereocenters. The van der Waals surface area contributed by atoms with Gasteiger partial charge in [0, 0.05) is 39.2 Å². The van der Waals surface area contributed by atoms with Gasteiger partial charge < -0.3 is 15.0 Å². The molecule has 1 aliphatic rings. The smallest absolute Gasteiger partial charge is 0.193 e. The molecule has 25 heavy (non-hydrogen) atoms. The van der Waals surface area contributed by atoms with Gasteiger partial charge in [-0.1, -0.05) is 38.1 Å². The largest absolute Gasteiger partial charge is 0.381 e. The van der Waals surface area contributed by atoms with Crippen molar-refractivity contribution in [3.8, 4) is 0 Å². The molecule has 0 spiro atoms. The normalized spacial score (nSPS) is 18.2. The molecule has 0 bridgehead atoms. The van der Waals surface area contributed by atoms with Gasteiger partial charge in [-0.3, -0.25) is 4.99 Å². The number of hydrogen-bond acceptors (Lipinski definition) is 2. The van der Waals surface area contributed by atoms with Crippen molar-refractivity contribution in [1.29, 1.82) is 0 Å². The maximum Gasteiger partial charge on any atom is 0.193 e. The Morgan fingerprint density at radius 2 is 2.08 bits per heavy atom. The fraction of sp³-hybridized carbons (Fsp3) is 0.667. The molecule has 1 heterocycles. The van der Waals surface area contributed by atoms with E-state index >= 15 is 0 Å². The zero-order valence-electron chi connectivity index (χ0n) is 16.4. The van der Waals surface area contributed by atoms with E-state index in [2.05, 4.69) is 60.2 Å². The second-order valence-electron chi connectivity index (χ2n) is 7.23. The Balaban J connectivity index is 1.69. The zero-order chi connectivity index (χ0) is 18.1. The summed E-state index contributed by atoms with van der Waals surface area (Å²) < 4.78 is 5.56. The maximum atomic E-state index is 5.56. The van der Waals surface area contributed by atoms with Gasteiger partial charge in [-0.05, 0) is 43.2 Å². The first-order valence-corrected chi connectivity index (χ1v) is 9.76. The molecule has 1 aliphatic heterocycles. The number of nitrogens with one attached hydrogen (secondary N) is 1. The van der Waals surface area contributed by atoms with E-state index in [9.17, 15) is 0 Å². The molecule has 1 atom stereocenters. The van der Waals surface area contributed by atoms with Gasteiger partial charge in [0.2, 0.25) is 0 Å². The van der Waals surface area contributed by atoms with Crippen molar-refractivity contribution >= 4 is 5.96 Å². The van der Waals surface area contributed by atoms with E-state index in [0.29, 0.717) is 11.8 Å². The molecule has 4 nitrogen and oxygen atoms in total. The standard InChI is InChI=1S/C21H35N3O/c1-5-25-16-19-12-14-24(15-19)21(22-4)23-13-6-7-18-8-10-20(11-9-18)17(2)3/h8-11,17,19H,5-7,12-16H2,1-4H3,(H,22,23). The van der Waals surface area contributed by atoms with Crippen molar-refractivity contribution in [3.05, 3.63) is 35.4 Å². The van der Waals surface area contributed by atoms with E-state index in [1.54, 1.807) is 0 Å². The number of aliphatic imine (C=N–C) groups is 1. The summed E-state index contributed by atoms with van der Waals surface area (Å²) in [7, 11) is 1.88. The summed E-state index contributed by atoms with van der Waals surface area (Å²) in [6, 6.07) is 9.05. The molecule has 0 aliphatic carbocycles. The average molecular weight is 346 g/mol. The van der Waals surface area contributed by atoms with E-state index in [1.165, 1.54) is 17.5 Å². The fourth-order valence-corrected chi connectivity index (χ4v) is 3.34. The van der Waals surface area contributed by atoms with E-state index < -0.39 is 0 Å². The van der Waals surface area contributed by atoms with Crippen LogP contribution in [0.1, 0.15) is 50.7 Å². The van der Waals surface area contributed by atoms with Gasteiger partial charge in [0.05, 0.1) is 6.61 Å². The summed E-state index contributed by atoms with van der Waals surface area (Å²) in [5.41, 5.74) is 2.83. The van der Waals surface area contributed by atoms with Crippen molar-refractivity contribution < 1.29 is 4.74 Å². The van der Waals surface area contributed by atoms with Crippen LogP contribution in [0, 0.1) is 5.92 Å². The molecular weight excluding hydrogens is 310 g/mol. The monoisotopic (exact) mass is 345 g/mol. The number of hydrogen-bond donors (Lipinski definition) is 1. The first kappa shape index (κ1) is 19.8. The van der Waals surface area contributed by atoms with Crippen LogP contribution in [0.15, 0.2) is 29.3 Å². The number of nitrogens with zero attached hydrogens (tertiary/aromatic N) is 2. The van der Waals surface area contributed by atoms with Crippen molar-refractivity contribution in [2.75, 3.05) is 39.9 Å². The Morgan fingerprint density at radius 1 is 1.32 bits per heavy atom. The molecule has 2 rings (SSSR count). The Hall–Kier alpha value is -1.55. The first-order chi connectivity index (χ1) is 12.1. The number of aryl methyl sites for hydroxylation is 1. The van der Waals surface area contributed by atoms with Crippen LogP contribution in [0.2, 0.25) is 0 Å². The number of guanidine groups is 1. The minimum absolute atomic E-state index is 0.603. The van der Waals surface area contributed by atoms with Crippen LogP contribution in [0.4, 0.5) is 0 Å². The van der Waals surface area contributed by atoms with Crippen LogP contribution in [-0.2, 0) is 11.2 Å². The van der Waals surface area contributed by atoms with Crippen LogP contribution >= 0.6 is 0 Å². The molecule has 0 radical (unpaired) electrons. The van der Waals surface area contributed by atoms with Crippen LogP contribution in [0.25, 0.3) is 0 Å². The van der Waals surface area contributed by atoms with Gasteiger partial charge in [0.1, 0.15) is 0 Å². The lowest BCUT2D eigenvalue weighted by Gasteiger charge is -2.21. The minimum atomic E-state index is 0.603. The molecule has 1 aromatic carbocycles. The highest BCUT2D eigenvalue weighted by molar-refractivity contribution is 5.80. The maximum absolute atomic E-state index is 5.56. The summed E-state index contributed by atoms with van der Waals surface area (Å²) in [5, 5.41) is 3.52. The summed E-state index contributed by atoms with van der Waals surface area (Å²) >= 11 is 0. The third-order valence-electron chi connectivity index (χ3n) is 4.93. The predicted molar refractivity (Wildman–Crippen MR) is 106 cm³/mol. The molecule has 0 saturated carbocycles. The molecule has 1 aromatic rings. The molecule has 1 saturated heterocycles. The lowest BCUT2D eigenvalue weighted by Crippen LogP contribution is -2.40. The third kappa shape index (κ3) is 6.35. The summed E-state index contributed by atoms with van der Waals surface area (Å²) in [4.78, 5) is 6.81. The van der Waals surface area contributed by atoms with Crippen molar-refractivity contribution in [2.24, 2.45) is 10.9 Å². The first-order valence-electron chi connectivity index (χ1n) is 9.76. The molecular formula is C21H35N3O. The Morgan fingerprint density at radius 3 is 2.72 bits per heavy atom. The Bertz CT molecular complexity index is 524. The summed E-state index contributed by atoms with van der Waals surface area (Å²) in [6.07, 6.45) is 3.43. The Kier molecular flexibility index (Phi) is 8.26. The molecule has 0 amide bonds. The quantitative estimate of drug-likeness (QED) is 0.444. The third-order valence-corrected chi connectivity index (χ3v) is 4.93. The van der Waals surface area contributed by atoms with E-state index in [1.807, 2.05) is 7.05 Å². The van der Waals surface area contributed by atoms with E-state index in [-0.39, 0.29) is 0 Å². The summed E-state index contributed by atoms with van der Waals surface area (Å²) in [6.45, 7) is 11.3. The van der Waals surface area contributed by atoms with Crippen LogP contribution in [0.3, 0.4) is 0 Å². The van der Waals surface area contributed by atoms with Gasteiger partial charge >= 0.3 is 0 Å².